The third kappa shape index (κ3) is 6.35. The summed E-state index contributed by atoms with van der Waals surface area (Å²) in [4.78, 5) is 25.6. The summed E-state index contributed by atoms with van der Waals surface area (Å²) in [5.41, 5.74) is 2.46. The quantitative estimate of drug-likeness (QED) is 0.597. The van der Waals surface area contributed by atoms with Crippen molar-refractivity contribution in [3.63, 3.8) is 0 Å². The van der Waals surface area contributed by atoms with Crippen molar-refractivity contribution < 1.29 is 23.6 Å². The first-order valence-corrected chi connectivity index (χ1v) is 9.26. The first kappa shape index (κ1) is 22.0. The minimum Gasteiger partial charge on any atom is -0.489 e. The number of ether oxygens (including phenoxy) is 2. The molecular formula is C21H25N3O5. The molecule has 0 radical (unpaired) electrons. The zero-order valence-corrected chi connectivity index (χ0v) is 17.1. The van der Waals surface area contributed by atoms with E-state index in [0.717, 1.165) is 22.6 Å². The summed E-state index contributed by atoms with van der Waals surface area (Å²) in [5.74, 6) is 0.550. The Hall–Kier alpha value is -3.34. The van der Waals surface area contributed by atoms with E-state index >= 15 is 0 Å². The van der Waals surface area contributed by atoms with Gasteiger partial charge in [-0.1, -0.05) is 17.3 Å². The molecule has 8 nitrogen and oxygen atoms in total. The highest BCUT2D eigenvalue weighted by Crippen LogP contribution is 2.18. The Bertz CT molecular complexity index is 863. The summed E-state index contributed by atoms with van der Waals surface area (Å²) in [7, 11) is 1.57. The average Bonchev–Trinajstić information content (AvgIpc) is 3.02. The van der Waals surface area contributed by atoms with Crippen LogP contribution in [0.15, 0.2) is 28.8 Å². The highest BCUT2D eigenvalue weighted by atomic mass is 16.5. The number of carbonyl (C=O) groups is 2. The van der Waals surface area contributed by atoms with Gasteiger partial charge < -0.3 is 18.9 Å². The summed E-state index contributed by atoms with van der Waals surface area (Å²) < 4.78 is 16.1. The molecule has 1 atom stereocenters. The fraction of sp³-hybridized carbons (Fsp3) is 0.429. The summed E-state index contributed by atoms with van der Waals surface area (Å²) in [6, 6.07) is 9.06. The van der Waals surface area contributed by atoms with Crippen LogP contribution in [-0.4, -0.2) is 41.6 Å². The predicted molar refractivity (Wildman–Crippen MR) is 104 cm³/mol. The second kappa shape index (κ2) is 10.3. The topological polar surface area (TPSA) is 106 Å². The van der Waals surface area contributed by atoms with E-state index in [1.807, 2.05) is 19.9 Å². The summed E-state index contributed by atoms with van der Waals surface area (Å²) >= 11 is 0. The Morgan fingerprint density at radius 2 is 1.97 bits per heavy atom. The van der Waals surface area contributed by atoms with E-state index < -0.39 is 12.1 Å². The lowest BCUT2D eigenvalue weighted by molar-refractivity contribution is -0.157. The Morgan fingerprint density at radius 1 is 1.28 bits per heavy atom. The summed E-state index contributed by atoms with van der Waals surface area (Å²) in [5, 5.41) is 12.5. The number of likely N-dealkylation sites (N-methyl/N-ethyl adjacent to an activating group) is 1. The van der Waals surface area contributed by atoms with Gasteiger partial charge in [0.25, 0.3) is 5.91 Å². The molecule has 0 N–H and O–H groups in total. The number of nitriles is 1. The van der Waals surface area contributed by atoms with Gasteiger partial charge >= 0.3 is 5.97 Å². The fourth-order valence-corrected chi connectivity index (χ4v) is 2.66. The molecule has 1 amide bonds. The molecule has 154 valence electrons. The number of amides is 1. The predicted octanol–water partition coefficient (Wildman–Crippen LogP) is 2.72. The number of carbonyl (C=O) groups excluding carboxylic acids is 2. The minimum atomic E-state index is -0.899. The van der Waals surface area contributed by atoms with Crippen molar-refractivity contribution in [1.29, 1.82) is 5.26 Å². The van der Waals surface area contributed by atoms with Crippen molar-refractivity contribution in [3.8, 4) is 11.8 Å². The molecule has 0 aliphatic heterocycles. The number of esters is 1. The van der Waals surface area contributed by atoms with E-state index in [2.05, 4.69) is 5.16 Å². The van der Waals surface area contributed by atoms with Crippen molar-refractivity contribution in [1.82, 2.24) is 10.1 Å². The van der Waals surface area contributed by atoms with E-state index in [4.69, 9.17) is 19.3 Å². The third-order valence-corrected chi connectivity index (χ3v) is 4.43. The first-order chi connectivity index (χ1) is 13.8. The average molecular weight is 399 g/mol. The lowest BCUT2D eigenvalue weighted by Crippen LogP contribution is -2.38. The number of hydrogen-bond donors (Lipinski definition) is 0. The Morgan fingerprint density at radius 3 is 2.55 bits per heavy atom. The van der Waals surface area contributed by atoms with Crippen molar-refractivity contribution in [2.24, 2.45) is 0 Å². The van der Waals surface area contributed by atoms with E-state index in [-0.39, 0.29) is 18.7 Å². The third-order valence-electron chi connectivity index (χ3n) is 4.43. The molecule has 1 heterocycles. The zero-order valence-electron chi connectivity index (χ0n) is 17.1. The number of hydrogen-bond acceptors (Lipinski definition) is 7. The van der Waals surface area contributed by atoms with Crippen LogP contribution in [0.25, 0.3) is 0 Å². The molecule has 2 aromatic rings. The molecule has 0 saturated carbocycles. The van der Waals surface area contributed by atoms with Gasteiger partial charge in [-0.05, 0) is 38.5 Å². The summed E-state index contributed by atoms with van der Waals surface area (Å²) in [6.07, 6.45) is -0.624. The molecule has 2 rings (SSSR count). The minimum absolute atomic E-state index is 0.0453. The smallest absolute Gasteiger partial charge is 0.311 e. The second-order valence-corrected chi connectivity index (χ2v) is 6.71. The first-order valence-electron chi connectivity index (χ1n) is 9.26. The molecule has 0 bridgehead atoms. The lowest BCUT2D eigenvalue weighted by atomic mass is 10.1. The van der Waals surface area contributed by atoms with Gasteiger partial charge in [-0.15, -0.1) is 0 Å². The molecule has 0 aliphatic rings. The van der Waals surface area contributed by atoms with Gasteiger partial charge in [-0.2, -0.15) is 5.26 Å². The van der Waals surface area contributed by atoms with Crippen LogP contribution in [-0.2, 0) is 27.4 Å². The van der Waals surface area contributed by atoms with Gasteiger partial charge in [-0.25, -0.2) is 0 Å². The SMILES string of the molecule is Cc1noc(C)c1COc1ccc(CC(=O)O[C@H](C)C(=O)N(C)CCC#N)cc1. The molecule has 1 aromatic carbocycles. The van der Waals surface area contributed by atoms with Crippen LogP contribution in [0.4, 0.5) is 0 Å². The van der Waals surface area contributed by atoms with Crippen molar-refractivity contribution in [3.05, 3.63) is 46.8 Å². The summed E-state index contributed by atoms with van der Waals surface area (Å²) in [6.45, 7) is 5.86. The highest BCUT2D eigenvalue weighted by Gasteiger charge is 2.21. The van der Waals surface area contributed by atoms with Crippen LogP contribution in [0.2, 0.25) is 0 Å². The molecule has 0 spiro atoms. The van der Waals surface area contributed by atoms with E-state index in [1.165, 1.54) is 11.8 Å². The maximum absolute atomic E-state index is 12.1. The van der Waals surface area contributed by atoms with Crippen LogP contribution in [0.3, 0.4) is 0 Å². The van der Waals surface area contributed by atoms with Crippen LogP contribution < -0.4 is 4.74 Å². The van der Waals surface area contributed by atoms with Crippen molar-refractivity contribution in [2.75, 3.05) is 13.6 Å². The van der Waals surface area contributed by atoms with Gasteiger partial charge in [0.15, 0.2) is 6.10 Å². The van der Waals surface area contributed by atoms with Crippen molar-refractivity contribution in [2.45, 2.75) is 46.3 Å². The standard InChI is InChI=1S/C21H25N3O5/c1-14-19(15(2)29-23-14)13-27-18-8-6-17(7-9-18)12-20(25)28-16(3)21(26)24(4)11-5-10-22/h6-9,16H,5,11-13H2,1-4H3/t16-/m1/s1. The van der Waals surface area contributed by atoms with Gasteiger partial charge in [0, 0.05) is 13.6 Å². The van der Waals surface area contributed by atoms with Crippen LogP contribution in [0.5, 0.6) is 5.75 Å². The van der Waals surface area contributed by atoms with Crippen LogP contribution in [0, 0.1) is 25.2 Å². The maximum atomic E-state index is 12.1. The molecule has 0 saturated heterocycles. The van der Waals surface area contributed by atoms with Crippen LogP contribution >= 0.6 is 0 Å². The molecule has 1 aromatic heterocycles. The molecule has 29 heavy (non-hydrogen) atoms. The Kier molecular flexibility index (Phi) is 7.78. The van der Waals surface area contributed by atoms with E-state index in [1.54, 1.807) is 31.3 Å². The number of aryl methyl sites for hydroxylation is 2. The number of nitrogens with zero attached hydrogens (tertiary/aromatic N) is 3. The van der Waals surface area contributed by atoms with Gasteiger partial charge in [0.2, 0.25) is 0 Å². The highest BCUT2D eigenvalue weighted by molar-refractivity contribution is 5.83. The van der Waals surface area contributed by atoms with E-state index in [9.17, 15) is 9.59 Å². The lowest BCUT2D eigenvalue weighted by Gasteiger charge is -2.20. The normalized spacial score (nSPS) is 11.4. The maximum Gasteiger partial charge on any atom is 0.311 e. The fourth-order valence-electron chi connectivity index (χ4n) is 2.66. The Labute approximate surface area is 170 Å². The second-order valence-electron chi connectivity index (χ2n) is 6.71. The monoisotopic (exact) mass is 399 g/mol. The molecule has 0 aliphatic carbocycles. The zero-order chi connectivity index (χ0) is 21.4. The van der Waals surface area contributed by atoms with Crippen molar-refractivity contribution >= 4 is 11.9 Å². The number of benzene rings is 1. The molecule has 0 fully saturated rings. The van der Waals surface area contributed by atoms with Gasteiger partial charge in [0.1, 0.15) is 18.1 Å². The number of aromatic nitrogens is 1. The number of rotatable bonds is 9. The molecule has 0 unspecified atom stereocenters. The van der Waals surface area contributed by atoms with Gasteiger partial charge in [0.05, 0.1) is 30.2 Å². The molecule has 8 heteroatoms. The van der Waals surface area contributed by atoms with E-state index in [0.29, 0.717) is 18.9 Å². The van der Waals surface area contributed by atoms with Crippen LogP contribution in [0.1, 0.15) is 35.9 Å². The van der Waals surface area contributed by atoms with Gasteiger partial charge in [-0.3, -0.25) is 9.59 Å². The largest absolute Gasteiger partial charge is 0.489 e. The Balaban J connectivity index is 1.83. The molecular weight excluding hydrogens is 374 g/mol.